The van der Waals surface area contributed by atoms with Crippen LogP contribution in [0.1, 0.15) is 17.3 Å². The fourth-order valence-corrected chi connectivity index (χ4v) is 4.68. The van der Waals surface area contributed by atoms with E-state index in [1.165, 1.54) is 6.92 Å². The van der Waals surface area contributed by atoms with Crippen LogP contribution >= 0.6 is 11.6 Å². The minimum Gasteiger partial charge on any atom is -0.478 e. The molecule has 0 saturated carbocycles. The summed E-state index contributed by atoms with van der Waals surface area (Å²) in [7, 11) is -7.22. The third-order valence-corrected chi connectivity index (χ3v) is 6.62. The number of carboxylic acids is 1. The third-order valence-electron chi connectivity index (χ3n) is 2.63. The smallest absolute Gasteiger partial charge is 0.337 e. The molecule has 0 bridgehead atoms. The highest BCUT2D eigenvalue weighted by molar-refractivity contribution is 7.95. The highest BCUT2D eigenvalue weighted by atomic mass is 35.5. The molecule has 0 spiro atoms. The maximum absolute atomic E-state index is 12.0. The van der Waals surface area contributed by atoms with Crippen molar-refractivity contribution in [3.8, 4) is 0 Å². The molecule has 112 valence electrons. The number of carbonyl (C=O) groups is 1. The Morgan fingerprint density at radius 3 is 2.25 bits per heavy atom. The molecule has 0 aliphatic carbocycles. The van der Waals surface area contributed by atoms with Crippen LogP contribution in [0.2, 0.25) is 5.02 Å². The van der Waals surface area contributed by atoms with Gasteiger partial charge >= 0.3 is 5.97 Å². The highest BCUT2D eigenvalue weighted by Crippen LogP contribution is 2.22. The van der Waals surface area contributed by atoms with Gasteiger partial charge in [-0.25, -0.2) is 21.6 Å². The number of carboxylic acid groups (broad SMARTS) is 1. The second-order valence-corrected chi connectivity index (χ2v) is 8.99. The van der Waals surface area contributed by atoms with Crippen LogP contribution in [0.4, 0.5) is 0 Å². The van der Waals surface area contributed by atoms with Gasteiger partial charge in [-0.15, -0.1) is 0 Å². The molecule has 0 heterocycles. The molecule has 0 atom stereocenters. The van der Waals surface area contributed by atoms with Crippen LogP contribution in [-0.4, -0.2) is 45.2 Å². The molecule has 0 aromatic heterocycles. The first kappa shape index (κ1) is 16.9. The standard InChI is InChI=1S/C11H13ClO6S2/c1-2-19(15,16)5-6-20(17,18)8-3-4-9(11(13)14)10(12)7-8/h3-4,7H,2,5-6H2,1H3,(H,13,14). The lowest BCUT2D eigenvalue weighted by atomic mass is 10.2. The zero-order valence-corrected chi connectivity index (χ0v) is 12.9. The minimum atomic E-state index is -3.83. The van der Waals surface area contributed by atoms with Crippen molar-refractivity contribution in [3.05, 3.63) is 28.8 Å². The first-order valence-corrected chi connectivity index (χ1v) is 9.40. The maximum atomic E-state index is 12.0. The van der Waals surface area contributed by atoms with Crippen molar-refractivity contribution in [2.75, 3.05) is 17.3 Å². The molecule has 0 radical (unpaired) electrons. The van der Waals surface area contributed by atoms with Crippen molar-refractivity contribution in [2.24, 2.45) is 0 Å². The van der Waals surface area contributed by atoms with Crippen molar-refractivity contribution >= 4 is 37.2 Å². The predicted molar refractivity (Wildman–Crippen MR) is 74.8 cm³/mol. The number of hydrogen-bond acceptors (Lipinski definition) is 5. The Kier molecular flexibility index (Phi) is 5.17. The Labute approximate surface area is 122 Å². The van der Waals surface area contributed by atoms with Gasteiger partial charge in [0, 0.05) is 5.75 Å². The van der Waals surface area contributed by atoms with E-state index in [1.54, 1.807) is 0 Å². The summed E-state index contributed by atoms with van der Waals surface area (Å²) in [6, 6.07) is 3.19. The van der Waals surface area contributed by atoms with E-state index in [1.807, 2.05) is 0 Å². The van der Waals surface area contributed by atoms with Crippen LogP contribution in [0.3, 0.4) is 0 Å². The van der Waals surface area contributed by atoms with Crippen LogP contribution in [0, 0.1) is 0 Å². The Morgan fingerprint density at radius 1 is 1.20 bits per heavy atom. The van der Waals surface area contributed by atoms with Gasteiger partial charge in [0.05, 0.1) is 27.0 Å². The van der Waals surface area contributed by atoms with Gasteiger partial charge in [-0.1, -0.05) is 18.5 Å². The predicted octanol–water partition coefficient (Wildman–Crippen LogP) is 1.25. The van der Waals surface area contributed by atoms with E-state index in [0.717, 1.165) is 18.2 Å². The van der Waals surface area contributed by atoms with Gasteiger partial charge in [-0.2, -0.15) is 0 Å². The Balaban J connectivity index is 3.05. The molecular formula is C11H13ClO6S2. The average Bonchev–Trinajstić information content (AvgIpc) is 2.36. The van der Waals surface area contributed by atoms with E-state index in [2.05, 4.69) is 0 Å². The first-order valence-electron chi connectivity index (χ1n) is 5.55. The van der Waals surface area contributed by atoms with Gasteiger partial charge in [0.1, 0.15) is 0 Å². The van der Waals surface area contributed by atoms with Gasteiger partial charge in [0.25, 0.3) is 0 Å². The molecule has 9 heteroatoms. The molecule has 1 aromatic rings. The maximum Gasteiger partial charge on any atom is 0.337 e. The topological polar surface area (TPSA) is 106 Å². The third kappa shape index (κ3) is 4.19. The van der Waals surface area contributed by atoms with Gasteiger partial charge in [0.15, 0.2) is 19.7 Å². The van der Waals surface area contributed by atoms with Crippen molar-refractivity contribution in [1.29, 1.82) is 0 Å². The van der Waals surface area contributed by atoms with Crippen molar-refractivity contribution in [2.45, 2.75) is 11.8 Å². The lowest BCUT2D eigenvalue weighted by Gasteiger charge is -2.06. The lowest BCUT2D eigenvalue weighted by molar-refractivity contribution is 0.0697. The second-order valence-electron chi connectivity index (χ2n) is 4.00. The summed E-state index contributed by atoms with van der Waals surface area (Å²) in [5.74, 6) is -2.45. The van der Waals surface area contributed by atoms with Crippen molar-refractivity contribution in [1.82, 2.24) is 0 Å². The highest BCUT2D eigenvalue weighted by Gasteiger charge is 2.20. The van der Waals surface area contributed by atoms with E-state index in [0.29, 0.717) is 0 Å². The quantitative estimate of drug-likeness (QED) is 0.835. The number of aromatic carboxylic acids is 1. The largest absolute Gasteiger partial charge is 0.478 e. The molecule has 1 N–H and O–H groups in total. The Hall–Kier alpha value is -1.12. The number of halogens is 1. The number of hydrogen-bond donors (Lipinski definition) is 1. The summed E-state index contributed by atoms with van der Waals surface area (Å²) < 4.78 is 46.6. The molecule has 1 aromatic carbocycles. The summed E-state index contributed by atoms with van der Waals surface area (Å²) in [4.78, 5) is 10.6. The Bertz CT molecular complexity index is 721. The van der Waals surface area contributed by atoms with Gasteiger partial charge in [-0.3, -0.25) is 0 Å². The van der Waals surface area contributed by atoms with E-state index in [9.17, 15) is 21.6 Å². The molecule has 0 unspecified atom stereocenters. The lowest BCUT2D eigenvalue weighted by Crippen LogP contribution is -2.18. The monoisotopic (exact) mass is 340 g/mol. The van der Waals surface area contributed by atoms with Crippen molar-refractivity contribution < 1.29 is 26.7 Å². The van der Waals surface area contributed by atoms with Gasteiger partial charge < -0.3 is 5.11 Å². The van der Waals surface area contributed by atoms with E-state index in [4.69, 9.17) is 16.7 Å². The summed E-state index contributed by atoms with van der Waals surface area (Å²) in [6.45, 7) is 1.43. The van der Waals surface area contributed by atoms with Crippen LogP contribution in [0.5, 0.6) is 0 Å². The normalized spacial score (nSPS) is 12.3. The zero-order valence-electron chi connectivity index (χ0n) is 10.5. The van der Waals surface area contributed by atoms with E-state index < -0.39 is 37.1 Å². The van der Waals surface area contributed by atoms with Gasteiger partial charge in [0.2, 0.25) is 0 Å². The van der Waals surface area contributed by atoms with Crippen molar-refractivity contribution in [3.63, 3.8) is 0 Å². The fraction of sp³-hybridized carbons (Fsp3) is 0.364. The number of sulfone groups is 2. The second kappa shape index (κ2) is 6.11. The van der Waals surface area contributed by atoms with Crippen LogP contribution in [0.15, 0.2) is 23.1 Å². The molecule has 20 heavy (non-hydrogen) atoms. The Morgan fingerprint density at radius 2 is 1.80 bits per heavy atom. The SMILES string of the molecule is CCS(=O)(=O)CCS(=O)(=O)c1ccc(C(=O)O)c(Cl)c1. The fourth-order valence-electron chi connectivity index (χ4n) is 1.36. The molecule has 0 aliphatic heterocycles. The van der Waals surface area contributed by atoms with Crippen LogP contribution in [-0.2, 0) is 19.7 Å². The van der Waals surface area contributed by atoms with Crippen LogP contribution in [0.25, 0.3) is 0 Å². The summed E-state index contributed by atoms with van der Waals surface area (Å²) in [5, 5.41) is 8.58. The van der Waals surface area contributed by atoms with E-state index in [-0.39, 0.29) is 21.2 Å². The molecule has 0 fully saturated rings. The summed E-state index contributed by atoms with van der Waals surface area (Å²) >= 11 is 5.68. The first-order chi connectivity index (χ1) is 9.09. The molecule has 1 rings (SSSR count). The van der Waals surface area contributed by atoms with Crippen LogP contribution < -0.4 is 0 Å². The number of rotatable bonds is 6. The molecule has 6 nitrogen and oxygen atoms in total. The number of benzene rings is 1. The average molecular weight is 341 g/mol. The molecule has 0 aliphatic rings. The minimum absolute atomic E-state index is 0.138. The molecular weight excluding hydrogens is 328 g/mol. The summed E-state index contributed by atoms with van der Waals surface area (Å²) in [6.07, 6.45) is 0. The van der Waals surface area contributed by atoms with E-state index >= 15 is 0 Å². The molecule has 0 saturated heterocycles. The molecule has 0 amide bonds. The zero-order chi connectivity index (χ0) is 15.6. The summed E-state index contributed by atoms with van der Waals surface area (Å²) in [5.41, 5.74) is -0.216. The van der Waals surface area contributed by atoms with Gasteiger partial charge in [-0.05, 0) is 18.2 Å².